The van der Waals surface area contributed by atoms with Gasteiger partial charge in [-0.05, 0) is 36.8 Å². The molecule has 4 rings (SSSR count). The smallest absolute Gasteiger partial charge is 0.408 e. The summed E-state index contributed by atoms with van der Waals surface area (Å²) in [5, 5.41) is 16.6. The van der Waals surface area contributed by atoms with Gasteiger partial charge < -0.3 is 25.4 Å². The van der Waals surface area contributed by atoms with Crippen LogP contribution in [-0.2, 0) is 27.4 Å². The van der Waals surface area contributed by atoms with E-state index in [1.54, 1.807) is 4.90 Å². The van der Waals surface area contributed by atoms with Crippen LogP contribution in [-0.4, -0.2) is 58.7 Å². The van der Waals surface area contributed by atoms with Crippen LogP contribution in [0.4, 0.5) is 4.79 Å². The van der Waals surface area contributed by atoms with Gasteiger partial charge in [-0.1, -0.05) is 79.9 Å². The van der Waals surface area contributed by atoms with Gasteiger partial charge in [-0.2, -0.15) is 0 Å². The van der Waals surface area contributed by atoms with Crippen LogP contribution in [0.3, 0.4) is 0 Å². The summed E-state index contributed by atoms with van der Waals surface area (Å²) in [6.07, 6.45) is 4.63. The zero-order valence-electron chi connectivity index (χ0n) is 21.2. The van der Waals surface area contributed by atoms with Crippen molar-refractivity contribution < 1.29 is 24.2 Å². The van der Waals surface area contributed by atoms with E-state index in [9.17, 15) is 19.5 Å². The molecule has 2 aromatic carbocycles. The number of aliphatic hydroxyl groups is 1. The standard InChI is InChI=1S/C29H37N3O5/c33-26(27(34)30-23-15-8-3-9-16-23)25-17-10-18-32(25)28(35)24(19-21-11-4-1-5-12-21)31-29(36)37-20-22-13-6-2-7-14-22/h1-2,4-7,11-14,23-26,33H,3,8-10,15-20H2,(H,30,34)(H,31,36)/t24-,25-,26?/m0/s1. The minimum absolute atomic E-state index is 0.0772. The number of likely N-dealkylation sites (tertiary alicyclic amines) is 1. The second kappa shape index (κ2) is 13.2. The first-order valence-corrected chi connectivity index (χ1v) is 13.3. The van der Waals surface area contributed by atoms with Crippen LogP contribution >= 0.6 is 0 Å². The fraction of sp³-hybridized carbons (Fsp3) is 0.483. The molecule has 37 heavy (non-hydrogen) atoms. The Morgan fingerprint density at radius 1 is 0.892 bits per heavy atom. The van der Waals surface area contributed by atoms with Crippen LogP contribution in [0, 0.1) is 0 Å². The van der Waals surface area contributed by atoms with E-state index in [0.29, 0.717) is 19.4 Å². The highest BCUT2D eigenvalue weighted by molar-refractivity contribution is 5.88. The van der Waals surface area contributed by atoms with Crippen molar-refractivity contribution in [3.05, 3.63) is 71.8 Å². The Morgan fingerprint density at radius 2 is 1.54 bits per heavy atom. The van der Waals surface area contributed by atoms with Gasteiger partial charge in [-0.3, -0.25) is 9.59 Å². The van der Waals surface area contributed by atoms with Crippen molar-refractivity contribution >= 4 is 17.9 Å². The van der Waals surface area contributed by atoms with E-state index in [-0.39, 0.29) is 25.0 Å². The second-order valence-electron chi connectivity index (χ2n) is 9.98. The van der Waals surface area contributed by atoms with E-state index in [1.807, 2.05) is 60.7 Å². The summed E-state index contributed by atoms with van der Waals surface area (Å²) in [6, 6.07) is 17.3. The first-order chi connectivity index (χ1) is 18.0. The first-order valence-electron chi connectivity index (χ1n) is 13.3. The van der Waals surface area contributed by atoms with Crippen LogP contribution in [0.5, 0.6) is 0 Å². The normalized spacial score (nSPS) is 19.6. The molecule has 0 radical (unpaired) electrons. The van der Waals surface area contributed by atoms with Crippen LogP contribution in [0.1, 0.15) is 56.1 Å². The molecule has 1 aliphatic carbocycles. The predicted molar refractivity (Wildman–Crippen MR) is 139 cm³/mol. The number of rotatable bonds is 9. The van der Waals surface area contributed by atoms with Gasteiger partial charge in [0.25, 0.3) is 5.91 Å². The molecule has 3 amide bonds. The molecule has 8 heteroatoms. The summed E-state index contributed by atoms with van der Waals surface area (Å²) < 4.78 is 5.37. The van der Waals surface area contributed by atoms with E-state index in [1.165, 1.54) is 6.42 Å². The maximum atomic E-state index is 13.7. The van der Waals surface area contributed by atoms with Gasteiger partial charge >= 0.3 is 6.09 Å². The van der Waals surface area contributed by atoms with Gasteiger partial charge in [0.05, 0.1) is 6.04 Å². The van der Waals surface area contributed by atoms with Crippen molar-refractivity contribution in [2.75, 3.05) is 6.54 Å². The molecular formula is C29H37N3O5. The average Bonchev–Trinajstić information content (AvgIpc) is 3.42. The molecule has 198 valence electrons. The van der Waals surface area contributed by atoms with Crippen molar-refractivity contribution in [2.24, 2.45) is 0 Å². The van der Waals surface area contributed by atoms with Gasteiger partial charge in [-0.15, -0.1) is 0 Å². The van der Waals surface area contributed by atoms with Crippen LogP contribution in [0.25, 0.3) is 0 Å². The highest BCUT2D eigenvalue weighted by atomic mass is 16.5. The minimum Gasteiger partial charge on any atom is -0.445 e. The number of aliphatic hydroxyl groups excluding tert-OH is 1. The van der Waals surface area contributed by atoms with E-state index in [2.05, 4.69) is 10.6 Å². The number of nitrogens with zero attached hydrogens (tertiary/aromatic N) is 1. The van der Waals surface area contributed by atoms with Crippen molar-refractivity contribution in [1.82, 2.24) is 15.5 Å². The number of benzene rings is 2. The summed E-state index contributed by atoms with van der Waals surface area (Å²) >= 11 is 0. The molecule has 0 spiro atoms. The number of amides is 3. The molecule has 2 aliphatic rings. The Kier molecular flexibility index (Phi) is 9.54. The molecule has 1 heterocycles. The lowest BCUT2D eigenvalue weighted by Gasteiger charge is -2.32. The van der Waals surface area contributed by atoms with E-state index < -0.39 is 30.2 Å². The highest BCUT2D eigenvalue weighted by Gasteiger charge is 2.40. The number of hydrogen-bond acceptors (Lipinski definition) is 5. The zero-order chi connectivity index (χ0) is 26.0. The third kappa shape index (κ3) is 7.55. The summed E-state index contributed by atoms with van der Waals surface area (Å²) in [4.78, 5) is 40.8. The molecule has 1 unspecified atom stereocenters. The molecule has 3 N–H and O–H groups in total. The molecule has 1 saturated carbocycles. The first kappa shape index (κ1) is 26.7. The van der Waals surface area contributed by atoms with Gasteiger partial charge in [0.2, 0.25) is 5.91 Å². The summed E-state index contributed by atoms with van der Waals surface area (Å²) in [6.45, 7) is 0.509. The van der Waals surface area contributed by atoms with Crippen molar-refractivity contribution in [1.29, 1.82) is 0 Å². The maximum Gasteiger partial charge on any atom is 0.408 e. The maximum absolute atomic E-state index is 13.7. The van der Waals surface area contributed by atoms with Crippen LogP contribution in [0.2, 0.25) is 0 Å². The number of carbonyl (C=O) groups excluding carboxylic acids is 3. The lowest BCUT2D eigenvalue weighted by Crippen LogP contribution is -2.56. The number of ether oxygens (including phenoxy) is 1. The summed E-state index contributed by atoms with van der Waals surface area (Å²) in [7, 11) is 0. The Labute approximate surface area is 218 Å². The molecule has 0 bridgehead atoms. The molecule has 2 aromatic rings. The second-order valence-corrected chi connectivity index (χ2v) is 9.98. The minimum atomic E-state index is -1.31. The molecule has 1 saturated heterocycles. The van der Waals surface area contributed by atoms with Gasteiger partial charge in [-0.25, -0.2) is 4.79 Å². The monoisotopic (exact) mass is 507 g/mol. The van der Waals surface area contributed by atoms with Gasteiger partial charge in [0, 0.05) is 19.0 Å². The van der Waals surface area contributed by atoms with Crippen molar-refractivity contribution in [3.63, 3.8) is 0 Å². The Balaban J connectivity index is 1.42. The Morgan fingerprint density at radius 3 is 2.22 bits per heavy atom. The third-order valence-electron chi connectivity index (χ3n) is 7.25. The van der Waals surface area contributed by atoms with E-state index >= 15 is 0 Å². The number of hydrogen-bond donors (Lipinski definition) is 3. The van der Waals surface area contributed by atoms with Crippen molar-refractivity contribution in [3.8, 4) is 0 Å². The van der Waals surface area contributed by atoms with Crippen LogP contribution < -0.4 is 10.6 Å². The van der Waals surface area contributed by atoms with Crippen molar-refractivity contribution in [2.45, 2.75) is 82.2 Å². The molecule has 3 atom stereocenters. The van der Waals surface area contributed by atoms with E-state index in [0.717, 1.165) is 36.8 Å². The predicted octanol–water partition coefficient (Wildman–Crippen LogP) is 3.32. The lowest BCUT2D eigenvalue weighted by molar-refractivity contribution is -0.141. The topological polar surface area (TPSA) is 108 Å². The largest absolute Gasteiger partial charge is 0.445 e. The molecule has 8 nitrogen and oxygen atoms in total. The summed E-state index contributed by atoms with van der Waals surface area (Å²) in [5.41, 5.74) is 1.73. The molecule has 0 aromatic heterocycles. The van der Waals surface area contributed by atoms with Gasteiger partial charge in [0.1, 0.15) is 12.6 Å². The summed E-state index contributed by atoms with van der Waals surface area (Å²) in [5.74, 6) is -0.751. The molecule has 2 fully saturated rings. The van der Waals surface area contributed by atoms with Gasteiger partial charge in [0.15, 0.2) is 6.10 Å². The lowest BCUT2D eigenvalue weighted by atomic mass is 9.95. The van der Waals surface area contributed by atoms with Crippen LogP contribution in [0.15, 0.2) is 60.7 Å². The fourth-order valence-electron chi connectivity index (χ4n) is 5.26. The highest BCUT2D eigenvalue weighted by Crippen LogP contribution is 2.24. The number of nitrogens with one attached hydrogen (secondary N) is 2. The average molecular weight is 508 g/mol. The Hall–Kier alpha value is -3.39. The zero-order valence-corrected chi connectivity index (χ0v) is 21.2. The SMILES string of the molecule is O=C(N[C@@H](Cc1ccccc1)C(=O)N1CCC[C@H]1C(O)C(=O)NC1CCCCC1)OCc1ccccc1. The fourth-order valence-corrected chi connectivity index (χ4v) is 5.26. The van der Waals surface area contributed by atoms with E-state index in [4.69, 9.17) is 4.74 Å². The molecular weight excluding hydrogens is 470 g/mol. The Bertz CT molecular complexity index is 1030. The molecule has 1 aliphatic heterocycles. The quantitative estimate of drug-likeness (QED) is 0.483. The number of carbonyl (C=O) groups is 3. The third-order valence-corrected chi connectivity index (χ3v) is 7.25. The number of alkyl carbamates (subject to hydrolysis) is 1.